The summed E-state index contributed by atoms with van der Waals surface area (Å²) >= 11 is 0. The van der Waals surface area contributed by atoms with Crippen molar-refractivity contribution >= 4 is 17.9 Å². The van der Waals surface area contributed by atoms with Crippen LogP contribution >= 0.6 is 0 Å². The summed E-state index contributed by atoms with van der Waals surface area (Å²) in [6, 6.07) is 0. The first-order chi connectivity index (χ1) is 40.0. The summed E-state index contributed by atoms with van der Waals surface area (Å²) in [4.78, 5) is 38.5. The summed E-state index contributed by atoms with van der Waals surface area (Å²) in [6.07, 6.45) is 92.8. The van der Waals surface area contributed by atoms with Crippen molar-refractivity contribution < 1.29 is 28.6 Å². The molecule has 0 aromatic rings. The van der Waals surface area contributed by atoms with E-state index in [9.17, 15) is 14.4 Å². The molecule has 0 heterocycles. The van der Waals surface area contributed by atoms with E-state index in [0.29, 0.717) is 19.3 Å². The van der Waals surface area contributed by atoms with Gasteiger partial charge in [0.1, 0.15) is 13.2 Å². The zero-order valence-corrected chi connectivity index (χ0v) is 53.5. The van der Waals surface area contributed by atoms with Crippen molar-refractivity contribution in [2.45, 2.75) is 348 Å². The molecule has 0 aromatic carbocycles. The van der Waals surface area contributed by atoms with Crippen molar-refractivity contribution in [3.05, 3.63) is 97.2 Å². The molecule has 6 nitrogen and oxygen atoms in total. The zero-order chi connectivity index (χ0) is 58.5. The van der Waals surface area contributed by atoms with E-state index in [1.807, 2.05) is 0 Å². The van der Waals surface area contributed by atoms with Gasteiger partial charge in [0.25, 0.3) is 0 Å². The molecule has 0 rings (SSSR count). The van der Waals surface area contributed by atoms with Crippen molar-refractivity contribution in [1.82, 2.24) is 0 Å². The van der Waals surface area contributed by atoms with Crippen LogP contribution in [0.1, 0.15) is 342 Å². The highest BCUT2D eigenvalue weighted by molar-refractivity contribution is 5.71. The molecule has 0 fully saturated rings. The molecule has 0 aliphatic carbocycles. The predicted octanol–water partition coefficient (Wildman–Crippen LogP) is 24.0. The number of esters is 3. The average Bonchev–Trinajstić information content (AvgIpc) is 3.47. The molecule has 0 bridgehead atoms. The average molecular weight is 1130 g/mol. The maximum absolute atomic E-state index is 13.0. The van der Waals surface area contributed by atoms with Gasteiger partial charge >= 0.3 is 17.9 Å². The number of hydrogen-bond acceptors (Lipinski definition) is 6. The van der Waals surface area contributed by atoms with Gasteiger partial charge in [0, 0.05) is 19.3 Å². The van der Waals surface area contributed by atoms with E-state index in [2.05, 4.69) is 118 Å². The molecule has 466 valence electrons. The second kappa shape index (κ2) is 68.8. The molecule has 81 heavy (non-hydrogen) atoms. The van der Waals surface area contributed by atoms with Gasteiger partial charge in [-0.1, -0.05) is 317 Å². The van der Waals surface area contributed by atoms with Crippen LogP contribution in [-0.4, -0.2) is 37.2 Å². The molecule has 0 saturated carbocycles. The van der Waals surface area contributed by atoms with Gasteiger partial charge in [-0.2, -0.15) is 0 Å². The Morgan fingerprint density at radius 1 is 0.259 bits per heavy atom. The highest BCUT2D eigenvalue weighted by atomic mass is 16.6. The third-order valence-corrected chi connectivity index (χ3v) is 15.1. The topological polar surface area (TPSA) is 78.9 Å². The molecule has 0 N–H and O–H groups in total. The zero-order valence-electron chi connectivity index (χ0n) is 53.5. The minimum absolute atomic E-state index is 0.0878. The molecule has 1 atom stereocenters. The molecule has 0 saturated heterocycles. The van der Waals surface area contributed by atoms with Crippen LogP contribution in [0, 0.1) is 0 Å². The Morgan fingerprint density at radius 3 is 0.778 bits per heavy atom. The number of ether oxygens (including phenoxy) is 3. The fourth-order valence-corrected chi connectivity index (χ4v) is 9.89. The second-order valence-electron chi connectivity index (χ2n) is 23.1. The Kier molecular flexibility index (Phi) is 65.7. The van der Waals surface area contributed by atoms with Crippen molar-refractivity contribution in [2.75, 3.05) is 13.2 Å². The fraction of sp³-hybridized carbons (Fsp3) is 0.747. The summed E-state index contributed by atoms with van der Waals surface area (Å²) < 4.78 is 17.0. The minimum atomic E-state index is -0.794. The molecule has 0 aliphatic heterocycles. The fourth-order valence-electron chi connectivity index (χ4n) is 9.89. The van der Waals surface area contributed by atoms with Crippen LogP contribution in [0.3, 0.4) is 0 Å². The van der Waals surface area contributed by atoms with E-state index in [-0.39, 0.29) is 31.1 Å². The van der Waals surface area contributed by atoms with Gasteiger partial charge in [-0.3, -0.25) is 14.4 Å². The molecular formula is C75H130O6. The lowest BCUT2D eigenvalue weighted by Gasteiger charge is -2.18. The molecular weight excluding hydrogens is 997 g/mol. The summed E-state index contributed by atoms with van der Waals surface area (Å²) in [6.45, 7) is 6.54. The van der Waals surface area contributed by atoms with Crippen molar-refractivity contribution in [3.63, 3.8) is 0 Å². The first-order valence-corrected chi connectivity index (χ1v) is 34.7. The number of allylic oxidation sites excluding steroid dienone is 16. The number of rotatable bonds is 63. The highest BCUT2D eigenvalue weighted by Gasteiger charge is 2.19. The summed E-state index contributed by atoms with van der Waals surface area (Å²) in [5.74, 6) is -0.909. The Hall–Kier alpha value is -3.67. The van der Waals surface area contributed by atoms with E-state index in [1.54, 1.807) is 0 Å². The van der Waals surface area contributed by atoms with Crippen LogP contribution in [0.15, 0.2) is 97.2 Å². The quantitative estimate of drug-likeness (QED) is 0.0261. The van der Waals surface area contributed by atoms with Crippen LogP contribution < -0.4 is 0 Å². The van der Waals surface area contributed by atoms with Gasteiger partial charge in [0.2, 0.25) is 0 Å². The maximum Gasteiger partial charge on any atom is 0.306 e. The Balaban J connectivity index is 4.42. The number of hydrogen-bond donors (Lipinski definition) is 0. The molecule has 0 aliphatic rings. The van der Waals surface area contributed by atoms with E-state index in [1.165, 1.54) is 193 Å². The van der Waals surface area contributed by atoms with Gasteiger partial charge in [-0.25, -0.2) is 0 Å². The third kappa shape index (κ3) is 67.0. The van der Waals surface area contributed by atoms with E-state index >= 15 is 0 Å². The minimum Gasteiger partial charge on any atom is -0.462 e. The summed E-state index contributed by atoms with van der Waals surface area (Å²) in [5, 5.41) is 0. The van der Waals surface area contributed by atoms with Crippen molar-refractivity contribution in [2.24, 2.45) is 0 Å². The first-order valence-electron chi connectivity index (χ1n) is 34.7. The van der Waals surface area contributed by atoms with E-state index in [0.717, 1.165) is 109 Å². The normalized spacial score (nSPS) is 12.7. The lowest BCUT2D eigenvalue weighted by Crippen LogP contribution is -2.30. The molecule has 6 heteroatoms. The third-order valence-electron chi connectivity index (χ3n) is 15.1. The predicted molar refractivity (Wildman–Crippen MR) is 353 cm³/mol. The molecule has 1 unspecified atom stereocenters. The second-order valence-corrected chi connectivity index (χ2v) is 23.1. The van der Waals surface area contributed by atoms with E-state index in [4.69, 9.17) is 14.2 Å². The van der Waals surface area contributed by atoms with Gasteiger partial charge in [-0.15, -0.1) is 0 Å². The molecule has 0 spiro atoms. The van der Waals surface area contributed by atoms with Gasteiger partial charge < -0.3 is 14.2 Å². The molecule has 0 amide bonds. The summed E-state index contributed by atoms with van der Waals surface area (Å²) in [7, 11) is 0. The number of unbranched alkanes of at least 4 members (excludes halogenated alkanes) is 36. The Bertz CT molecular complexity index is 1580. The lowest BCUT2D eigenvalue weighted by atomic mass is 10.0. The van der Waals surface area contributed by atoms with Crippen LogP contribution in [0.5, 0.6) is 0 Å². The molecule has 0 radical (unpaired) electrons. The standard InChI is InChI=1S/C75H130O6/c1-4-7-10-13-16-19-22-25-28-31-33-35-36-37-38-40-41-44-47-50-53-56-59-62-65-68-74(77)80-71-72(70-79-73(76)67-64-61-58-55-52-49-46-43-30-27-24-21-18-15-12-9-6-3)81-75(78)69-66-63-60-57-54-51-48-45-42-39-34-32-29-26-23-20-17-14-11-8-5-2/h7,10,16,19,25,27-28,30,33,35,37-38,41,44,50,53,72H,4-6,8-9,11-15,17-18,20-24,26,29,31-32,34,36,39-40,42-43,45-49,51-52,54-71H2,1-3H3/b10-7-,19-16-,28-25-,30-27-,35-33-,38-37-,44-41-,53-50-. The van der Waals surface area contributed by atoms with Crippen LogP contribution in [0.2, 0.25) is 0 Å². The summed E-state index contributed by atoms with van der Waals surface area (Å²) in [5.41, 5.74) is 0. The monoisotopic (exact) mass is 1130 g/mol. The smallest absolute Gasteiger partial charge is 0.306 e. The van der Waals surface area contributed by atoms with Gasteiger partial charge in [0.05, 0.1) is 0 Å². The van der Waals surface area contributed by atoms with Crippen LogP contribution in [0.4, 0.5) is 0 Å². The largest absolute Gasteiger partial charge is 0.462 e. The van der Waals surface area contributed by atoms with Crippen molar-refractivity contribution in [3.8, 4) is 0 Å². The van der Waals surface area contributed by atoms with Crippen LogP contribution in [0.25, 0.3) is 0 Å². The highest BCUT2D eigenvalue weighted by Crippen LogP contribution is 2.17. The van der Waals surface area contributed by atoms with E-state index < -0.39 is 6.10 Å². The maximum atomic E-state index is 13.0. The Labute approximate surface area is 502 Å². The number of carbonyl (C=O) groups excluding carboxylic acids is 3. The Morgan fingerprint density at radius 2 is 0.481 bits per heavy atom. The van der Waals surface area contributed by atoms with Crippen molar-refractivity contribution in [1.29, 1.82) is 0 Å². The van der Waals surface area contributed by atoms with Gasteiger partial charge in [0.15, 0.2) is 6.10 Å². The van der Waals surface area contributed by atoms with Crippen LogP contribution in [-0.2, 0) is 28.6 Å². The SMILES string of the molecule is CC/C=C\C/C=C\C/C=C\C/C=C\C/C=C\C/C=C\C/C=C\CCCCCC(=O)OCC(COC(=O)CCCCCCCCC/C=C\CCCCCCCC)OC(=O)CCCCCCCCCCCCCCCCCCCCCCC. The molecule has 0 aromatic heterocycles. The first kappa shape index (κ1) is 77.3. The lowest BCUT2D eigenvalue weighted by molar-refractivity contribution is -0.167. The van der Waals surface area contributed by atoms with Gasteiger partial charge in [-0.05, 0) is 103 Å². The number of carbonyl (C=O) groups is 3.